The van der Waals surface area contributed by atoms with Gasteiger partial charge < -0.3 is 10.4 Å². The molecule has 4 nitrogen and oxygen atoms in total. The molecule has 0 radical (unpaired) electrons. The first kappa shape index (κ1) is 13.4. The number of thioether (sulfide) groups is 4. The van der Waals surface area contributed by atoms with Gasteiger partial charge in [-0.1, -0.05) is 45.6 Å². The fourth-order valence-electron chi connectivity index (χ4n) is 0.815. The SMILES string of the molecule is ON=C1CSCS1.ON=C1SCCCS1. The van der Waals surface area contributed by atoms with Crippen LogP contribution < -0.4 is 0 Å². The third-order valence-corrected chi connectivity index (χ3v) is 6.17. The van der Waals surface area contributed by atoms with Gasteiger partial charge in [0, 0.05) is 22.3 Å². The Bertz CT molecular complexity index is 231. The van der Waals surface area contributed by atoms with Crippen LogP contribution in [0, 0.1) is 0 Å². The van der Waals surface area contributed by atoms with Crippen LogP contribution in [-0.4, -0.2) is 42.2 Å². The third kappa shape index (κ3) is 5.84. The number of rotatable bonds is 0. The molecule has 0 saturated carbocycles. The predicted octanol–water partition coefficient (Wildman–Crippen LogP) is 2.81. The second-order valence-corrected chi connectivity index (χ2v) is 7.35. The summed E-state index contributed by atoms with van der Waals surface area (Å²) < 4.78 is 0.816. The smallest absolute Gasteiger partial charge is 0.169 e. The summed E-state index contributed by atoms with van der Waals surface area (Å²) >= 11 is 6.64. The largest absolute Gasteiger partial charge is 0.410 e. The Morgan fingerprint density at radius 3 is 2.07 bits per heavy atom. The minimum absolute atomic E-state index is 0.816. The molecule has 0 unspecified atom stereocenters. The lowest BCUT2D eigenvalue weighted by Crippen LogP contribution is -1.98. The highest BCUT2D eigenvalue weighted by Gasteiger charge is 2.08. The predicted molar refractivity (Wildman–Crippen MR) is 72.9 cm³/mol. The van der Waals surface area contributed by atoms with Crippen LogP contribution in [0.2, 0.25) is 0 Å². The first-order chi connectivity index (χ1) is 7.36. The lowest BCUT2D eigenvalue weighted by Gasteiger charge is -2.07. The molecule has 0 aliphatic carbocycles. The molecule has 2 rings (SSSR count). The zero-order valence-electron chi connectivity index (χ0n) is 7.96. The highest BCUT2D eigenvalue weighted by molar-refractivity contribution is 8.39. The van der Waals surface area contributed by atoms with Gasteiger partial charge in [0.15, 0.2) is 4.38 Å². The Morgan fingerprint density at radius 1 is 1.00 bits per heavy atom. The van der Waals surface area contributed by atoms with Crippen molar-refractivity contribution in [2.45, 2.75) is 6.42 Å². The monoisotopic (exact) mass is 284 g/mol. The normalized spacial score (nSPS) is 23.5. The maximum atomic E-state index is 8.24. The van der Waals surface area contributed by atoms with E-state index in [4.69, 9.17) is 10.4 Å². The van der Waals surface area contributed by atoms with E-state index in [2.05, 4.69) is 10.3 Å². The van der Waals surface area contributed by atoms with Crippen LogP contribution >= 0.6 is 47.0 Å². The van der Waals surface area contributed by atoms with Crippen LogP contribution in [0.15, 0.2) is 10.3 Å². The molecule has 86 valence electrons. The number of hydrogen-bond donors (Lipinski definition) is 2. The van der Waals surface area contributed by atoms with E-state index in [9.17, 15) is 0 Å². The van der Waals surface area contributed by atoms with Crippen molar-refractivity contribution < 1.29 is 10.4 Å². The summed E-state index contributed by atoms with van der Waals surface area (Å²) in [7, 11) is 0. The van der Waals surface area contributed by atoms with Gasteiger partial charge in [0.2, 0.25) is 0 Å². The van der Waals surface area contributed by atoms with Gasteiger partial charge in [-0.2, -0.15) is 0 Å². The van der Waals surface area contributed by atoms with E-state index in [1.165, 1.54) is 6.42 Å². The van der Waals surface area contributed by atoms with Gasteiger partial charge in [-0.3, -0.25) is 0 Å². The molecule has 2 saturated heterocycles. The van der Waals surface area contributed by atoms with Crippen LogP contribution in [0.1, 0.15) is 6.42 Å². The molecule has 0 amide bonds. The lowest BCUT2D eigenvalue weighted by atomic mass is 10.6. The van der Waals surface area contributed by atoms with Crippen LogP contribution in [0.4, 0.5) is 0 Å². The summed E-state index contributed by atoms with van der Waals surface area (Å²) in [5.41, 5.74) is 0. The van der Waals surface area contributed by atoms with Gasteiger partial charge in [-0.25, -0.2) is 0 Å². The molecule has 0 atom stereocenters. The molecule has 0 aromatic carbocycles. The maximum Gasteiger partial charge on any atom is 0.169 e. The summed E-state index contributed by atoms with van der Waals surface area (Å²) in [5.74, 6) is 3.10. The average molecular weight is 284 g/mol. The molecule has 2 aliphatic rings. The van der Waals surface area contributed by atoms with Crippen molar-refractivity contribution in [3.63, 3.8) is 0 Å². The Labute approximate surface area is 106 Å². The fraction of sp³-hybridized carbons (Fsp3) is 0.714. The van der Waals surface area contributed by atoms with E-state index in [0.717, 1.165) is 31.8 Å². The second kappa shape index (κ2) is 8.49. The van der Waals surface area contributed by atoms with Gasteiger partial charge in [-0.15, -0.1) is 11.8 Å². The van der Waals surface area contributed by atoms with Crippen LogP contribution in [0.25, 0.3) is 0 Å². The van der Waals surface area contributed by atoms with E-state index in [1.54, 1.807) is 47.0 Å². The summed E-state index contributed by atoms with van der Waals surface area (Å²) in [6.07, 6.45) is 1.23. The molecule has 15 heavy (non-hydrogen) atoms. The van der Waals surface area contributed by atoms with Crippen molar-refractivity contribution in [1.29, 1.82) is 0 Å². The van der Waals surface area contributed by atoms with Crippen molar-refractivity contribution in [3.8, 4) is 0 Å². The van der Waals surface area contributed by atoms with Gasteiger partial charge in [0.1, 0.15) is 5.04 Å². The summed E-state index contributed by atoms with van der Waals surface area (Å²) in [6.45, 7) is 0. The van der Waals surface area contributed by atoms with E-state index in [1.807, 2.05) is 0 Å². The number of oxime groups is 2. The van der Waals surface area contributed by atoms with Gasteiger partial charge in [-0.05, 0) is 6.42 Å². The topological polar surface area (TPSA) is 65.2 Å². The summed E-state index contributed by atoms with van der Waals surface area (Å²) in [5, 5.41) is 24.4. The van der Waals surface area contributed by atoms with Gasteiger partial charge in [0.05, 0.1) is 0 Å². The zero-order chi connectivity index (χ0) is 10.9. The van der Waals surface area contributed by atoms with E-state index < -0.39 is 0 Å². The van der Waals surface area contributed by atoms with Gasteiger partial charge >= 0.3 is 0 Å². The lowest BCUT2D eigenvalue weighted by molar-refractivity contribution is 0.320. The number of hydrogen-bond acceptors (Lipinski definition) is 8. The highest BCUT2D eigenvalue weighted by atomic mass is 32.2. The van der Waals surface area contributed by atoms with Crippen molar-refractivity contribution in [3.05, 3.63) is 0 Å². The Kier molecular flexibility index (Phi) is 7.58. The van der Waals surface area contributed by atoms with E-state index in [-0.39, 0.29) is 0 Å². The molecule has 8 heteroatoms. The van der Waals surface area contributed by atoms with Crippen molar-refractivity contribution >= 4 is 56.5 Å². The van der Waals surface area contributed by atoms with Crippen LogP contribution in [0.3, 0.4) is 0 Å². The molecule has 0 aromatic heterocycles. The molecule has 0 spiro atoms. The molecule has 2 heterocycles. The number of nitrogens with zero attached hydrogens (tertiary/aromatic N) is 2. The molecular weight excluding hydrogens is 272 g/mol. The standard InChI is InChI=1S/C4H7NOS2.C3H5NOS2/c6-5-4-7-2-1-3-8-4;5-4-3-1-6-2-7-3/h6H,1-3H2;5H,1-2H2. The zero-order valence-corrected chi connectivity index (χ0v) is 11.2. The Hall–Kier alpha value is 0.340. The van der Waals surface area contributed by atoms with E-state index >= 15 is 0 Å². The van der Waals surface area contributed by atoms with Crippen LogP contribution in [0.5, 0.6) is 0 Å². The summed E-state index contributed by atoms with van der Waals surface area (Å²) in [4.78, 5) is 0. The highest BCUT2D eigenvalue weighted by Crippen LogP contribution is 2.24. The molecule has 2 fully saturated rings. The fourth-order valence-corrected chi connectivity index (χ4v) is 4.96. The van der Waals surface area contributed by atoms with Crippen molar-refractivity contribution in [1.82, 2.24) is 0 Å². The quantitative estimate of drug-likeness (QED) is 0.527. The maximum absolute atomic E-state index is 8.24. The van der Waals surface area contributed by atoms with Crippen molar-refractivity contribution in [2.75, 3.05) is 22.3 Å². The molecule has 0 bridgehead atoms. The average Bonchev–Trinajstić information content (AvgIpc) is 2.84. The third-order valence-electron chi connectivity index (χ3n) is 1.47. The van der Waals surface area contributed by atoms with E-state index in [0.29, 0.717) is 0 Å². The molecule has 2 aliphatic heterocycles. The molecule has 2 N–H and O–H groups in total. The Balaban J connectivity index is 0.000000151. The minimum atomic E-state index is 0.816. The minimum Gasteiger partial charge on any atom is -0.410 e. The first-order valence-electron chi connectivity index (χ1n) is 4.26. The summed E-state index contributed by atoms with van der Waals surface area (Å²) in [6, 6.07) is 0. The molecule has 0 aromatic rings. The Morgan fingerprint density at radius 2 is 1.73 bits per heavy atom. The first-order valence-corrected chi connectivity index (χ1v) is 8.37. The molecular formula is C7H12N2O2S4. The second-order valence-electron chi connectivity index (χ2n) is 2.52. The van der Waals surface area contributed by atoms with Gasteiger partial charge in [0.25, 0.3) is 0 Å². The van der Waals surface area contributed by atoms with Crippen LogP contribution in [-0.2, 0) is 0 Å². The van der Waals surface area contributed by atoms with Crippen molar-refractivity contribution in [2.24, 2.45) is 10.3 Å².